The summed E-state index contributed by atoms with van der Waals surface area (Å²) < 4.78 is 6.22. The fraction of sp³-hybridized carbons (Fsp3) is 0.455. The molecule has 0 radical (unpaired) electrons. The molecule has 0 aliphatic rings. The van der Waals surface area contributed by atoms with Crippen LogP contribution in [0.25, 0.3) is 0 Å². The maximum Gasteiger partial charge on any atom is 0.0505 e. The van der Waals surface area contributed by atoms with E-state index in [2.05, 4.69) is 28.1 Å². The first-order chi connectivity index (χ1) is 6.76. The average molecular weight is 258 g/mol. The second-order valence-corrected chi connectivity index (χ2v) is 4.31. The Morgan fingerprint density at radius 1 is 1.50 bits per heavy atom. The Morgan fingerprint density at radius 3 is 2.86 bits per heavy atom. The summed E-state index contributed by atoms with van der Waals surface area (Å²) in [5, 5.41) is 0. The third kappa shape index (κ3) is 3.78. The number of ether oxygens (including phenoxy) is 1. The summed E-state index contributed by atoms with van der Waals surface area (Å²) in [6.07, 6.45) is 0.976. The fourth-order valence-electron chi connectivity index (χ4n) is 1.44. The molecular weight excluding hydrogens is 242 g/mol. The summed E-state index contributed by atoms with van der Waals surface area (Å²) in [5.41, 5.74) is 6.95. The van der Waals surface area contributed by atoms with Gasteiger partial charge >= 0.3 is 0 Å². The summed E-state index contributed by atoms with van der Waals surface area (Å²) in [6, 6.07) is 8.30. The fourth-order valence-corrected chi connectivity index (χ4v) is 1.89. The molecule has 0 aliphatic carbocycles. The Labute approximate surface area is 93.6 Å². The topological polar surface area (TPSA) is 35.2 Å². The molecule has 2 N–H and O–H groups in total. The lowest BCUT2D eigenvalue weighted by Gasteiger charge is -2.13. The molecule has 0 saturated heterocycles. The SMILES string of the molecule is COCC(CN)Cc1cccc(Br)c1. The van der Waals surface area contributed by atoms with Gasteiger partial charge < -0.3 is 10.5 Å². The van der Waals surface area contributed by atoms with Gasteiger partial charge in [0.2, 0.25) is 0 Å². The first-order valence-electron chi connectivity index (χ1n) is 4.69. The molecule has 0 aliphatic heterocycles. The van der Waals surface area contributed by atoms with Crippen LogP contribution in [-0.4, -0.2) is 20.3 Å². The molecule has 2 nitrogen and oxygen atoms in total. The molecule has 1 unspecified atom stereocenters. The lowest BCUT2D eigenvalue weighted by Crippen LogP contribution is -2.21. The molecule has 1 atom stereocenters. The zero-order valence-electron chi connectivity index (χ0n) is 8.37. The molecule has 0 fully saturated rings. The number of nitrogens with two attached hydrogens (primary N) is 1. The van der Waals surface area contributed by atoms with Gasteiger partial charge in [-0.3, -0.25) is 0 Å². The standard InChI is InChI=1S/C11H16BrNO/c1-14-8-10(7-13)5-9-3-2-4-11(12)6-9/h2-4,6,10H,5,7-8,13H2,1H3. The van der Waals surface area contributed by atoms with Gasteiger partial charge in [-0.1, -0.05) is 28.1 Å². The number of hydrogen-bond donors (Lipinski definition) is 1. The summed E-state index contributed by atoms with van der Waals surface area (Å²) in [5.74, 6) is 0.411. The van der Waals surface area contributed by atoms with Crippen LogP contribution in [0.3, 0.4) is 0 Å². The average Bonchev–Trinajstić information content (AvgIpc) is 2.17. The Kier molecular flexibility index (Phi) is 5.15. The predicted molar refractivity (Wildman–Crippen MR) is 62.3 cm³/mol. The zero-order chi connectivity index (χ0) is 10.4. The van der Waals surface area contributed by atoms with Crippen molar-refractivity contribution < 1.29 is 4.74 Å². The van der Waals surface area contributed by atoms with Gasteiger partial charge in [0.05, 0.1) is 6.61 Å². The van der Waals surface area contributed by atoms with Crippen molar-refractivity contribution in [2.45, 2.75) is 6.42 Å². The second-order valence-electron chi connectivity index (χ2n) is 3.39. The maximum absolute atomic E-state index is 5.65. The Morgan fingerprint density at radius 2 is 2.29 bits per heavy atom. The molecule has 0 spiro atoms. The Balaban J connectivity index is 2.57. The quantitative estimate of drug-likeness (QED) is 0.878. The monoisotopic (exact) mass is 257 g/mol. The molecule has 0 bridgehead atoms. The van der Waals surface area contributed by atoms with Gasteiger partial charge in [-0.05, 0) is 36.6 Å². The number of methoxy groups -OCH3 is 1. The van der Waals surface area contributed by atoms with Crippen LogP contribution in [0.4, 0.5) is 0 Å². The highest BCUT2D eigenvalue weighted by molar-refractivity contribution is 9.10. The van der Waals surface area contributed by atoms with E-state index in [1.165, 1.54) is 5.56 Å². The lowest BCUT2D eigenvalue weighted by molar-refractivity contribution is 0.155. The Hall–Kier alpha value is -0.380. The highest BCUT2D eigenvalue weighted by atomic mass is 79.9. The van der Waals surface area contributed by atoms with Crippen LogP contribution in [-0.2, 0) is 11.2 Å². The van der Waals surface area contributed by atoms with Crippen molar-refractivity contribution in [1.29, 1.82) is 0 Å². The number of hydrogen-bond acceptors (Lipinski definition) is 2. The maximum atomic E-state index is 5.65. The zero-order valence-corrected chi connectivity index (χ0v) is 9.96. The minimum absolute atomic E-state index is 0.411. The molecule has 0 heterocycles. The molecular formula is C11H16BrNO. The normalized spacial score (nSPS) is 12.8. The van der Waals surface area contributed by atoms with Crippen LogP contribution in [0.1, 0.15) is 5.56 Å². The molecule has 3 heteroatoms. The van der Waals surface area contributed by atoms with E-state index in [4.69, 9.17) is 10.5 Å². The van der Waals surface area contributed by atoms with Crippen molar-refractivity contribution >= 4 is 15.9 Å². The minimum atomic E-state index is 0.411. The first kappa shape index (κ1) is 11.7. The minimum Gasteiger partial charge on any atom is -0.384 e. The highest BCUT2D eigenvalue weighted by Crippen LogP contribution is 2.14. The van der Waals surface area contributed by atoms with Crippen LogP contribution in [0.2, 0.25) is 0 Å². The largest absolute Gasteiger partial charge is 0.384 e. The van der Waals surface area contributed by atoms with E-state index in [9.17, 15) is 0 Å². The van der Waals surface area contributed by atoms with E-state index >= 15 is 0 Å². The number of rotatable bonds is 5. The third-order valence-corrected chi connectivity index (χ3v) is 2.64. The van der Waals surface area contributed by atoms with E-state index in [1.807, 2.05) is 12.1 Å². The molecule has 0 amide bonds. The van der Waals surface area contributed by atoms with Gasteiger partial charge in [0.1, 0.15) is 0 Å². The van der Waals surface area contributed by atoms with Crippen molar-refractivity contribution in [2.24, 2.45) is 11.7 Å². The molecule has 1 rings (SSSR count). The van der Waals surface area contributed by atoms with Gasteiger partial charge in [-0.2, -0.15) is 0 Å². The Bertz CT molecular complexity index is 278. The second kappa shape index (κ2) is 6.17. The smallest absolute Gasteiger partial charge is 0.0505 e. The predicted octanol–water partition coefficient (Wildman–Crippen LogP) is 2.21. The number of benzene rings is 1. The van der Waals surface area contributed by atoms with Crippen molar-refractivity contribution in [3.05, 3.63) is 34.3 Å². The molecule has 1 aromatic rings. The summed E-state index contributed by atoms with van der Waals surface area (Å²) in [6.45, 7) is 1.39. The van der Waals surface area contributed by atoms with Gasteiger partial charge in [0, 0.05) is 11.6 Å². The van der Waals surface area contributed by atoms with Crippen LogP contribution < -0.4 is 5.73 Å². The van der Waals surface area contributed by atoms with E-state index in [1.54, 1.807) is 7.11 Å². The number of halogens is 1. The van der Waals surface area contributed by atoms with Crippen LogP contribution in [0.5, 0.6) is 0 Å². The van der Waals surface area contributed by atoms with Crippen LogP contribution in [0.15, 0.2) is 28.7 Å². The van der Waals surface area contributed by atoms with E-state index in [-0.39, 0.29) is 0 Å². The first-order valence-corrected chi connectivity index (χ1v) is 5.49. The van der Waals surface area contributed by atoms with E-state index in [0.717, 1.165) is 17.5 Å². The highest BCUT2D eigenvalue weighted by Gasteiger charge is 2.07. The van der Waals surface area contributed by atoms with Crippen molar-refractivity contribution in [1.82, 2.24) is 0 Å². The van der Waals surface area contributed by atoms with Crippen LogP contribution in [0, 0.1) is 5.92 Å². The summed E-state index contributed by atoms with van der Waals surface area (Å²) in [7, 11) is 1.71. The van der Waals surface area contributed by atoms with E-state index < -0.39 is 0 Å². The van der Waals surface area contributed by atoms with Gasteiger partial charge in [-0.25, -0.2) is 0 Å². The van der Waals surface area contributed by atoms with Gasteiger partial charge in [0.15, 0.2) is 0 Å². The van der Waals surface area contributed by atoms with Gasteiger partial charge in [-0.15, -0.1) is 0 Å². The lowest BCUT2D eigenvalue weighted by atomic mass is 10.0. The molecule has 1 aromatic carbocycles. The van der Waals surface area contributed by atoms with Gasteiger partial charge in [0.25, 0.3) is 0 Å². The molecule has 0 saturated carbocycles. The molecule has 14 heavy (non-hydrogen) atoms. The van der Waals surface area contributed by atoms with Crippen molar-refractivity contribution in [3.63, 3.8) is 0 Å². The summed E-state index contributed by atoms with van der Waals surface area (Å²) >= 11 is 3.45. The van der Waals surface area contributed by atoms with E-state index in [0.29, 0.717) is 12.5 Å². The van der Waals surface area contributed by atoms with Crippen LogP contribution >= 0.6 is 15.9 Å². The molecule has 78 valence electrons. The van der Waals surface area contributed by atoms with Crippen molar-refractivity contribution in [2.75, 3.05) is 20.3 Å². The van der Waals surface area contributed by atoms with Crippen molar-refractivity contribution in [3.8, 4) is 0 Å². The third-order valence-electron chi connectivity index (χ3n) is 2.15. The molecule has 0 aromatic heterocycles. The summed E-state index contributed by atoms with van der Waals surface area (Å²) in [4.78, 5) is 0.